The molecular weight excluding hydrogens is 330 g/mol. The van der Waals surface area contributed by atoms with E-state index in [4.69, 9.17) is 16.7 Å². The third kappa shape index (κ3) is 4.22. The van der Waals surface area contributed by atoms with Crippen molar-refractivity contribution < 1.29 is 13.5 Å². The number of thiophene rings is 1. The van der Waals surface area contributed by atoms with Crippen molar-refractivity contribution in [3.05, 3.63) is 46.3 Å². The summed E-state index contributed by atoms with van der Waals surface area (Å²) >= 11 is 6.75. The van der Waals surface area contributed by atoms with E-state index in [2.05, 4.69) is 16.6 Å². The van der Waals surface area contributed by atoms with Crippen molar-refractivity contribution in [1.82, 2.24) is 0 Å². The van der Waals surface area contributed by atoms with Crippen molar-refractivity contribution in [2.24, 2.45) is 0 Å². The molecule has 2 aromatic rings. The lowest BCUT2D eigenvalue weighted by Gasteiger charge is -2.08. The van der Waals surface area contributed by atoms with Crippen molar-refractivity contribution in [1.29, 1.82) is 0 Å². The normalized spacial score (nSPS) is 10.8. The van der Waals surface area contributed by atoms with Crippen LogP contribution < -0.4 is 4.72 Å². The first-order chi connectivity index (χ1) is 10.0. The second kappa shape index (κ2) is 6.96. The van der Waals surface area contributed by atoms with Crippen LogP contribution >= 0.6 is 22.9 Å². The molecule has 0 saturated carbocycles. The van der Waals surface area contributed by atoms with Gasteiger partial charge in [-0.2, -0.15) is 0 Å². The number of benzene rings is 1. The van der Waals surface area contributed by atoms with Crippen LogP contribution in [0.5, 0.6) is 0 Å². The lowest BCUT2D eigenvalue weighted by atomic mass is 10.2. The first kappa shape index (κ1) is 15.9. The summed E-state index contributed by atoms with van der Waals surface area (Å²) in [6.45, 7) is -0.0331. The molecule has 1 aromatic carbocycles. The summed E-state index contributed by atoms with van der Waals surface area (Å²) in [5, 5.41) is 8.73. The van der Waals surface area contributed by atoms with Crippen LogP contribution in [0.15, 0.2) is 40.6 Å². The maximum Gasteiger partial charge on any atom is 0.271 e. The minimum absolute atomic E-state index is 0.0331. The van der Waals surface area contributed by atoms with Crippen molar-refractivity contribution in [3.63, 3.8) is 0 Å². The number of hydrogen-bond donors (Lipinski definition) is 2. The molecule has 0 aliphatic carbocycles. The van der Waals surface area contributed by atoms with Crippen LogP contribution in [0.4, 0.5) is 5.69 Å². The highest BCUT2D eigenvalue weighted by atomic mass is 35.5. The summed E-state index contributed by atoms with van der Waals surface area (Å²) in [7, 11) is -3.68. The molecule has 0 atom stereocenters. The summed E-state index contributed by atoms with van der Waals surface area (Å²) in [5.41, 5.74) is 0.949. The highest BCUT2D eigenvalue weighted by Crippen LogP contribution is 2.27. The smallest absolute Gasteiger partial charge is 0.271 e. The molecule has 0 spiro atoms. The Morgan fingerprint density at radius 3 is 2.67 bits per heavy atom. The molecule has 0 bridgehead atoms. The average Bonchev–Trinajstić information content (AvgIpc) is 2.88. The molecule has 21 heavy (non-hydrogen) atoms. The summed E-state index contributed by atoms with van der Waals surface area (Å²) in [6.07, 6.45) is 0.335. The molecule has 0 fully saturated rings. The Morgan fingerprint density at radius 1 is 1.24 bits per heavy atom. The molecule has 0 saturated heterocycles. The van der Waals surface area contributed by atoms with E-state index in [-0.39, 0.29) is 10.8 Å². The Balaban J connectivity index is 2.30. The van der Waals surface area contributed by atoms with Gasteiger partial charge in [-0.05, 0) is 24.3 Å². The number of para-hydroxylation sites is 1. The van der Waals surface area contributed by atoms with Crippen LogP contribution in [-0.4, -0.2) is 20.1 Å². The van der Waals surface area contributed by atoms with Crippen LogP contribution in [0.25, 0.3) is 0 Å². The molecular formula is C14H12ClNO3S2. The molecule has 110 valence electrons. The van der Waals surface area contributed by atoms with Gasteiger partial charge in [-0.15, -0.1) is 11.3 Å². The fourth-order valence-corrected chi connectivity index (χ4v) is 4.09. The van der Waals surface area contributed by atoms with Crippen molar-refractivity contribution in [2.75, 3.05) is 11.3 Å². The van der Waals surface area contributed by atoms with Crippen molar-refractivity contribution >= 4 is 38.6 Å². The van der Waals surface area contributed by atoms with Gasteiger partial charge >= 0.3 is 0 Å². The number of anilines is 1. The Bertz CT molecular complexity index is 788. The highest BCUT2D eigenvalue weighted by Gasteiger charge is 2.17. The van der Waals surface area contributed by atoms with Gasteiger partial charge in [-0.1, -0.05) is 35.6 Å². The van der Waals surface area contributed by atoms with Gasteiger partial charge < -0.3 is 5.11 Å². The minimum Gasteiger partial charge on any atom is -0.395 e. The molecule has 1 heterocycles. The largest absolute Gasteiger partial charge is 0.395 e. The Hall–Kier alpha value is -1.52. The third-order valence-electron chi connectivity index (χ3n) is 2.44. The number of nitrogens with one attached hydrogen (secondary N) is 1. The lowest BCUT2D eigenvalue weighted by molar-refractivity contribution is 0.305. The lowest BCUT2D eigenvalue weighted by Crippen LogP contribution is -2.12. The average molecular weight is 342 g/mol. The van der Waals surface area contributed by atoms with Gasteiger partial charge in [0.1, 0.15) is 4.21 Å². The van der Waals surface area contributed by atoms with Crippen molar-refractivity contribution in [2.45, 2.75) is 10.6 Å². The summed E-state index contributed by atoms with van der Waals surface area (Å²) in [4.78, 5) is 0. The van der Waals surface area contributed by atoms with Gasteiger partial charge in [0, 0.05) is 12.0 Å². The standard InChI is InChI=1S/C14H12ClNO3S2/c15-13-8-9-14(20-13)21(18,19)16-12-7-2-1-5-11(12)6-3-4-10-17/h1-2,5,7-9,16-17H,4,10H2. The third-order valence-corrected chi connectivity index (χ3v) is 5.53. The Morgan fingerprint density at radius 2 is 2.00 bits per heavy atom. The van der Waals surface area contributed by atoms with Gasteiger partial charge in [-0.25, -0.2) is 8.42 Å². The van der Waals surface area contributed by atoms with Crippen LogP contribution in [0.3, 0.4) is 0 Å². The van der Waals surface area contributed by atoms with Gasteiger partial charge in [0.05, 0.1) is 16.6 Å². The molecule has 0 aliphatic heterocycles. The quantitative estimate of drug-likeness (QED) is 0.840. The topological polar surface area (TPSA) is 66.4 Å². The minimum atomic E-state index is -3.68. The second-order valence-electron chi connectivity index (χ2n) is 3.99. The van der Waals surface area contributed by atoms with E-state index in [1.807, 2.05) is 0 Å². The van der Waals surface area contributed by atoms with Gasteiger partial charge in [0.25, 0.3) is 10.0 Å². The van der Waals surface area contributed by atoms with E-state index in [1.54, 1.807) is 24.3 Å². The number of rotatable bonds is 4. The van der Waals surface area contributed by atoms with E-state index in [9.17, 15) is 8.42 Å². The maximum absolute atomic E-state index is 12.2. The predicted octanol–water partition coefficient (Wildman–Crippen LogP) is 2.94. The van der Waals surface area contributed by atoms with Crippen LogP contribution in [0.1, 0.15) is 12.0 Å². The summed E-state index contributed by atoms with van der Waals surface area (Å²) < 4.78 is 27.6. The maximum atomic E-state index is 12.2. The molecule has 0 aliphatic rings. The molecule has 1 aromatic heterocycles. The van der Waals surface area contributed by atoms with Crippen LogP contribution in [-0.2, 0) is 10.0 Å². The van der Waals surface area contributed by atoms with E-state index in [0.29, 0.717) is 22.0 Å². The van der Waals surface area contributed by atoms with Gasteiger partial charge in [0.15, 0.2) is 0 Å². The summed E-state index contributed by atoms with van der Waals surface area (Å²) in [5.74, 6) is 5.60. The fraction of sp³-hybridized carbons (Fsp3) is 0.143. The van der Waals surface area contributed by atoms with Gasteiger partial charge in [-0.3, -0.25) is 4.72 Å². The second-order valence-corrected chi connectivity index (χ2v) is 7.61. The van der Waals surface area contributed by atoms with Crippen LogP contribution in [0, 0.1) is 11.8 Å². The Labute approximate surface area is 132 Å². The predicted molar refractivity (Wildman–Crippen MR) is 85.2 cm³/mol. The summed E-state index contributed by atoms with van der Waals surface area (Å²) in [6, 6.07) is 9.82. The number of halogens is 1. The first-order valence-corrected chi connectivity index (χ1v) is 8.67. The first-order valence-electron chi connectivity index (χ1n) is 6.00. The molecule has 7 heteroatoms. The zero-order valence-corrected chi connectivity index (χ0v) is 13.2. The van der Waals surface area contributed by atoms with E-state index in [0.717, 1.165) is 11.3 Å². The fourth-order valence-electron chi connectivity index (χ4n) is 1.53. The zero-order valence-electron chi connectivity index (χ0n) is 10.8. The van der Waals surface area contributed by atoms with E-state index < -0.39 is 10.0 Å². The Kier molecular flexibility index (Phi) is 5.26. The highest BCUT2D eigenvalue weighted by molar-refractivity contribution is 7.94. The molecule has 0 unspecified atom stereocenters. The number of sulfonamides is 1. The number of hydrogen-bond acceptors (Lipinski definition) is 4. The number of aliphatic hydroxyl groups excluding tert-OH is 1. The molecule has 0 radical (unpaired) electrons. The SMILES string of the molecule is O=S(=O)(Nc1ccccc1C#CCCO)c1ccc(Cl)s1. The zero-order chi connectivity index (χ0) is 15.3. The van der Waals surface area contributed by atoms with Gasteiger partial charge in [0.2, 0.25) is 0 Å². The monoisotopic (exact) mass is 341 g/mol. The van der Waals surface area contributed by atoms with Crippen LogP contribution in [0.2, 0.25) is 4.34 Å². The molecule has 2 rings (SSSR count). The molecule has 0 amide bonds. The van der Waals surface area contributed by atoms with E-state index in [1.165, 1.54) is 12.1 Å². The molecule has 4 nitrogen and oxygen atoms in total. The van der Waals surface area contributed by atoms with E-state index >= 15 is 0 Å². The van der Waals surface area contributed by atoms with Crippen molar-refractivity contribution in [3.8, 4) is 11.8 Å². The number of aliphatic hydroxyl groups is 1. The molecule has 2 N–H and O–H groups in total.